The predicted octanol–water partition coefficient (Wildman–Crippen LogP) is 2.35. The van der Waals surface area contributed by atoms with E-state index in [1.165, 1.54) is 24.2 Å². The van der Waals surface area contributed by atoms with E-state index in [9.17, 15) is 8.42 Å². The zero-order valence-electron chi connectivity index (χ0n) is 12.4. The molecule has 1 aromatic heterocycles. The fourth-order valence-electron chi connectivity index (χ4n) is 2.01. The first-order valence-electron chi connectivity index (χ1n) is 6.74. The summed E-state index contributed by atoms with van der Waals surface area (Å²) in [5, 5.41) is 3.25. The van der Waals surface area contributed by atoms with Gasteiger partial charge >= 0.3 is 0 Å². The fourth-order valence-corrected chi connectivity index (χ4v) is 2.67. The fraction of sp³-hybridized carbons (Fsp3) is 0.333. The molecule has 1 aromatic carbocycles. The molecule has 6 heteroatoms. The molecule has 0 unspecified atom stereocenters. The van der Waals surface area contributed by atoms with Gasteiger partial charge in [-0.15, -0.1) is 0 Å². The minimum absolute atomic E-state index is 0.0648. The van der Waals surface area contributed by atoms with Crippen LogP contribution in [0.5, 0.6) is 0 Å². The molecule has 114 valence electrons. The van der Waals surface area contributed by atoms with Crippen LogP contribution in [-0.2, 0) is 16.6 Å². The summed E-state index contributed by atoms with van der Waals surface area (Å²) in [7, 11) is -2.16. The summed E-state index contributed by atoms with van der Waals surface area (Å²) < 4.78 is 30.7. The summed E-state index contributed by atoms with van der Waals surface area (Å²) in [6.07, 6.45) is 0. The molecule has 0 bridgehead atoms. The number of furan rings is 1. The Balaban J connectivity index is 2.00. The van der Waals surface area contributed by atoms with E-state index in [2.05, 4.69) is 42.1 Å². The number of hydrogen-bond donors (Lipinski definition) is 2. The molecule has 0 aliphatic rings. The summed E-state index contributed by atoms with van der Waals surface area (Å²) in [5.41, 5.74) is 2.39. The van der Waals surface area contributed by atoms with E-state index in [1.807, 2.05) is 6.07 Å². The molecule has 2 rings (SSSR count). The van der Waals surface area contributed by atoms with Crippen LogP contribution in [0.2, 0.25) is 0 Å². The Morgan fingerprint density at radius 3 is 2.67 bits per heavy atom. The van der Waals surface area contributed by atoms with Crippen molar-refractivity contribution in [2.75, 3.05) is 7.05 Å². The number of rotatable bonds is 6. The molecule has 21 heavy (non-hydrogen) atoms. The van der Waals surface area contributed by atoms with Crippen molar-refractivity contribution in [3.05, 3.63) is 53.3 Å². The summed E-state index contributed by atoms with van der Waals surface area (Å²) >= 11 is 0. The highest BCUT2D eigenvalue weighted by molar-refractivity contribution is 7.89. The summed E-state index contributed by atoms with van der Waals surface area (Å²) in [5.74, 6) is 0.586. The van der Waals surface area contributed by atoms with Gasteiger partial charge in [-0.1, -0.05) is 29.8 Å². The first-order chi connectivity index (χ1) is 9.92. The van der Waals surface area contributed by atoms with Crippen molar-refractivity contribution in [1.82, 2.24) is 10.0 Å². The van der Waals surface area contributed by atoms with Crippen LogP contribution in [0.4, 0.5) is 0 Å². The van der Waals surface area contributed by atoms with Gasteiger partial charge in [-0.3, -0.25) is 0 Å². The average molecular weight is 308 g/mol. The summed E-state index contributed by atoms with van der Waals surface area (Å²) in [6.45, 7) is 4.58. The molecule has 1 heterocycles. The maximum absolute atomic E-state index is 11.6. The molecule has 5 nitrogen and oxygen atoms in total. The van der Waals surface area contributed by atoms with Gasteiger partial charge in [0.25, 0.3) is 10.0 Å². The van der Waals surface area contributed by atoms with Crippen LogP contribution in [0, 0.1) is 6.92 Å². The molecule has 0 fully saturated rings. The molecule has 2 aromatic rings. The number of nitrogens with one attached hydrogen (secondary N) is 2. The molecule has 2 N–H and O–H groups in total. The Morgan fingerprint density at radius 2 is 2.00 bits per heavy atom. The van der Waals surface area contributed by atoms with Crippen molar-refractivity contribution in [1.29, 1.82) is 0 Å². The Morgan fingerprint density at radius 1 is 1.24 bits per heavy atom. The number of benzene rings is 1. The van der Waals surface area contributed by atoms with Crippen LogP contribution in [0.15, 0.2) is 45.9 Å². The zero-order valence-corrected chi connectivity index (χ0v) is 13.2. The van der Waals surface area contributed by atoms with Crippen LogP contribution >= 0.6 is 0 Å². The second-order valence-corrected chi connectivity index (χ2v) is 6.76. The number of aryl methyl sites for hydroxylation is 1. The lowest BCUT2D eigenvalue weighted by Crippen LogP contribution is -2.18. The Kier molecular flexibility index (Phi) is 4.82. The third-order valence-electron chi connectivity index (χ3n) is 3.30. The van der Waals surface area contributed by atoms with Crippen LogP contribution in [0.3, 0.4) is 0 Å². The normalized spacial score (nSPS) is 13.3. The Hall–Kier alpha value is -1.63. The maximum Gasteiger partial charge on any atom is 0.273 e. The SMILES string of the molecule is CNS(=O)(=O)c1ccc(CN[C@H](C)c2cccc(C)c2)o1. The van der Waals surface area contributed by atoms with Gasteiger partial charge in [-0.05, 0) is 38.6 Å². The minimum atomic E-state index is -3.52. The van der Waals surface area contributed by atoms with E-state index in [-0.39, 0.29) is 11.1 Å². The van der Waals surface area contributed by atoms with Gasteiger partial charge in [0.05, 0.1) is 6.54 Å². The van der Waals surface area contributed by atoms with E-state index in [4.69, 9.17) is 4.42 Å². The highest BCUT2D eigenvalue weighted by atomic mass is 32.2. The Bertz CT molecular complexity index is 707. The summed E-state index contributed by atoms with van der Waals surface area (Å²) in [4.78, 5) is 0. The van der Waals surface area contributed by atoms with Gasteiger partial charge in [-0.2, -0.15) is 0 Å². The van der Waals surface area contributed by atoms with Gasteiger partial charge in [0, 0.05) is 6.04 Å². The molecule has 0 radical (unpaired) electrons. The van der Waals surface area contributed by atoms with Crippen LogP contribution < -0.4 is 10.0 Å². The van der Waals surface area contributed by atoms with E-state index in [0.29, 0.717) is 12.3 Å². The van der Waals surface area contributed by atoms with Crippen molar-refractivity contribution in [3.8, 4) is 0 Å². The molecule has 0 saturated carbocycles. The third kappa shape index (κ3) is 3.93. The van der Waals surface area contributed by atoms with Crippen molar-refractivity contribution < 1.29 is 12.8 Å². The first kappa shape index (κ1) is 15.8. The van der Waals surface area contributed by atoms with Crippen LogP contribution in [0.25, 0.3) is 0 Å². The highest BCUT2D eigenvalue weighted by Gasteiger charge is 2.16. The van der Waals surface area contributed by atoms with E-state index in [1.54, 1.807) is 6.07 Å². The van der Waals surface area contributed by atoms with E-state index < -0.39 is 10.0 Å². The lowest BCUT2D eigenvalue weighted by Gasteiger charge is -2.13. The van der Waals surface area contributed by atoms with Crippen molar-refractivity contribution in [2.45, 2.75) is 31.5 Å². The minimum Gasteiger partial charge on any atom is -0.447 e. The topological polar surface area (TPSA) is 71.3 Å². The second-order valence-electron chi connectivity index (χ2n) is 4.95. The van der Waals surface area contributed by atoms with Gasteiger partial charge < -0.3 is 9.73 Å². The second kappa shape index (κ2) is 6.43. The molecule has 0 aliphatic carbocycles. The lowest BCUT2D eigenvalue weighted by molar-refractivity contribution is 0.392. The third-order valence-corrected chi connectivity index (χ3v) is 4.58. The Labute approximate surface area is 125 Å². The molecule has 0 spiro atoms. The average Bonchev–Trinajstić information content (AvgIpc) is 2.94. The van der Waals surface area contributed by atoms with Crippen molar-refractivity contribution >= 4 is 10.0 Å². The van der Waals surface area contributed by atoms with Crippen LogP contribution in [-0.4, -0.2) is 15.5 Å². The van der Waals surface area contributed by atoms with Gasteiger partial charge in [0.1, 0.15) is 5.76 Å². The molecule has 0 saturated heterocycles. The van der Waals surface area contributed by atoms with E-state index >= 15 is 0 Å². The predicted molar refractivity (Wildman–Crippen MR) is 81.4 cm³/mol. The summed E-state index contributed by atoms with van der Waals surface area (Å²) in [6, 6.07) is 11.5. The highest BCUT2D eigenvalue weighted by Crippen LogP contribution is 2.17. The van der Waals surface area contributed by atoms with E-state index in [0.717, 1.165) is 0 Å². The molecular weight excluding hydrogens is 288 g/mol. The van der Waals surface area contributed by atoms with Crippen molar-refractivity contribution in [2.24, 2.45) is 0 Å². The molecule has 1 atom stereocenters. The smallest absolute Gasteiger partial charge is 0.273 e. The largest absolute Gasteiger partial charge is 0.447 e. The molecule has 0 amide bonds. The monoisotopic (exact) mass is 308 g/mol. The molecular formula is C15H20N2O3S. The quantitative estimate of drug-likeness (QED) is 0.859. The zero-order chi connectivity index (χ0) is 15.5. The standard InChI is InChI=1S/C15H20N2O3S/c1-11-5-4-6-13(9-11)12(2)17-10-14-7-8-15(20-14)21(18,19)16-3/h4-9,12,16-17H,10H2,1-3H3/t12-/m1/s1. The van der Waals surface area contributed by atoms with Crippen molar-refractivity contribution in [3.63, 3.8) is 0 Å². The number of sulfonamides is 1. The van der Waals surface area contributed by atoms with Gasteiger partial charge in [-0.25, -0.2) is 13.1 Å². The number of hydrogen-bond acceptors (Lipinski definition) is 4. The van der Waals surface area contributed by atoms with Gasteiger partial charge in [0.2, 0.25) is 5.09 Å². The van der Waals surface area contributed by atoms with Gasteiger partial charge in [0.15, 0.2) is 0 Å². The van der Waals surface area contributed by atoms with Crippen LogP contribution in [0.1, 0.15) is 29.9 Å². The maximum atomic E-state index is 11.6. The molecule has 0 aliphatic heterocycles. The first-order valence-corrected chi connectivity index (χ1v) is 8.23. The lowest BCUT2D eigenvalue weighted by atomic mass is 10.1.